The van der Waals surface area contributed by atoms with Crippen molar-refractivity contribution in [2.45, 2.75) is 12.8 Å². The number of aliphatic hydroxyl groups is 1. The molecule has 5 nitrogen and oxygen atoms in total. The van der Waals surface area contributed by atoms with Gasteiger partial charge >= 0.3 is 0 Å². The van der Waals surface area contributed by atoms with E-state index in [9.17, 15) is 27.5 Å². The Bertz CT molecular complexity index is 1160. The smallest absolute Gasteiger partial charge is 0.262 e. The van der Waals surface area contributed by atoms with Gasteiger partial charge in [-0.2, -0.15) is 0 Å². The predicted octanol–water partition coefficient (Wildman–Crippen LogP) is 3.84. The van der Waals surface area contributed by atoms with Crippen LogP contribution in [0.2, 0.25) is 0 Å². The molecule has 0 fully saturated rings. The molecule has 4 rings (SSSR count). The Kier molecular flexibility index (Phi) is 6.09. The highest BCUT2D eigenvalue weighted by Crippen LogP contribution is 2.30. The van der Waals surface area contributed by atoms with E-state index in [0.717, 1.165) is 17.0 Å². The van der Waals surface area contributed by atoms with Crippen molar-refractivity contribution < 1.29 is 27.5 Å². The van der Waals surface area contributed by atoms with E-state index in [1.807, 2.05) is 0 Å². The number of anilines is 2. The fraction of sp³-hybridized carbons (Fsp3) is 0.217. The van der Waals surface area contributed by atoms with E-state index in [1.165, 1.54) is 18.3 Å². The van der Waals surface area contributed by atoms with Crippen LogP contribution in [0.15, 0.2) is 42.6 Å². The van der Waals surface area contributed by atoms with Crippen LogP contribution >= 0.6 is 0 Å². The molecule has 3 aromatic rings. The number of rotatable bonds is 6. The summed E-state index contributed by atoms with van der Waals surface area (Å²) in [6, 6.07) is 7.66. The highest BCUT2D eigenvalue weighted by atomic mass is 19.2. The molecular weight excluding hydrogens is 426 g/mol. The molecule has 0 atom stereocenters. The minimum absolute atomic E-state index is 0.0454. The number of amides is 1. The fourth-order valence-electron chi connectivity index (χ4n) is 3.82. The lowest BCUT2D eigenvalue weighted by Gasteiger charge is -2.23. The summed E-state index contributed by atoms with van der Waals surface area (Å²) < 4.78 is 54.9. The van der Waals surface area contributed by atoms with Crippen LogP contribution in [-0.2, 0) is 12.8 Å². The molecule has 1 aliphatic rings. The number of carbonyl (C=O) groups excluding carboxylic acids is 1. The molecule has 2 N–H and O–H groups in total. The van der Waals surface area contributed by atoms with Gasteiger partial charge in [-0.3, -0.25) is 9.69 Å². The van der Waals surface area contributed by atoms with Gasteiger partial charge in [0.25, 0.3) is 5.91 Å². The normalized spacial score (nSPS) is 12.4. The van der Waals surface area contributed by atoms with Crippen LogP contribution < -0.4 is 10.2 Å². The number of aliphatic hydroxyl groups excluding tert-OH is 1. The summed E-state index contributed by atoms with van der Waals surface area (Å²) in [5.74, 6) is -5.32. The van der Waals surface area contributed by atoms with Crippen LogP contribution in [0.1, 0.15) is 27.0 Å². The molecular formula is C23H19F4N3O2. The highest BCUT2D eigenvalue weighted by molar-refractivity contribution is 6.07. The molecule has 1 amide bonds. The highest BCUT2D eigenvalue weighted by Gasteiger charge is 2.28. The molecule has 166 valence electrons. The number of carbonyl (C=O) groups is 1. The number of halogens is 4. The van der Waals surface area contributed by atoms with Crippen LogP contribution in [0.3, 0.4) is 0 Å². The Labute approximate surface area is 181 Å². The Balaban J connectivity index is 1.67. The molecule has 1 aliphatic heterocycles. The van der Waals surface area contributed by atoms with Gasteiger partial charge in [0.15, 0.2) is 17.5 Å². The van der Waals surface area contributed by atoms with Gasteiger partial charge in [-0.1, -0.05) is 0 Å². The molecule has 0 spiro atoms. The summed E-state index contributed by atoms with van der Waals surface area (Å²) in [6.45, 7) is 0.0597. The van der Waals surface area contributed by atoms with Gasteiger partial charge in [0, 0.05) is 18.4 Å². The lowest BCUT2D eigenvalue weighted by molar-refractivity contribution is 0.0975. The zero-order valence-electron chi connectivity index (χ0n) is 16.8. The summed E-state index contributed by atoms with van der Waals surface area (Å²) in [7, 11) is 0. The zero-order valence-corrected chi connectivity index (χ0v) is 16.8. The Morgan fingerprint density at radius 2 is 1.78 bits per heavy atom. The quantitative estimate of drug-likeness (QED) is 0.447. The SMILES string of the molecule is O=C(c1c(F)ccc2c1CCN2)N(CCO)c1cc(Cc2cc(F)c(F)c(F)c2)ccn1. The van der Waals surface area contributed by atoms with Crippen molar-refractivity contribution in [2.24, 2.45) is 0 Å². The van der Waals surface area contributed by atoms with Crippen molar-refractivity contribution >= 4 is 17.4 Å². The van der Waals surface area contributed by atoms with Crippen molar-refractivity contribution in [3.63, 3.8) is 0 Å². The van der Waals surface area contributed by atoms with Gasteiger partial charge in [0.05, 0.1) is 18.7 Å². The number of nitrogens with zero attached hydrogens (tertiary/aromatic N) is 2. The summed E-state index contributed by atoms with van der Waals surface area (Å²) in [5.41, 5.74) is 1.89. The Morgan fingerprint density at radius 1 is 1.03 bits per heavy atom. The van der Waals surface area contributed by atoms with Crippen molar-refractivity contribution in [1.29, 1.82) is 0 Å². The first-order valence-corrected chi connectivity index (χ1v) is 9.95. The van der Waals surface area contributed by atoms with Gasteiger partial charge in [0.2, 0.25) is 0 Å². The van der Waals surface area contributed by atoms with Crippen LogP contribution in [0, 0.1) is 23.3 Å². The van der Waals surface area contributed by atoms with E-state index in [0.29, 0.717) is 29.8 Å². The first kappa shape index (κ1) is 21.8. The van der Waals surface area contributed by atoms with Crippen LogP contribution in [0.5, 0.6) is 0 Å². The minimum Gasteiger partial charge on any atom is -0.395 e. The molecule has 0 aliphatic carbocycles. The molecule has 2 heterocycles. The number of fused-ring (bicyclic) bond motifs is 1. The summed E-state index contributed by atoms with van der Waals surface area (Å²) in [6.07, 6.45) is 1.92. The lowest BCUT2D eigenvalue weighted by Crippen LogP contribution is -2.35. The molecule has 32 heavy (non-hydrogen) atoms. The first-order valence-electron chi connectivity index (χ1n) is 9.95. The summed E-state index contributed by atoms with van der Waals surface area (Å²) in [5, 5.41) is 12.6. The van der Waals surface area contributed by atoms with Crippen molar-refractivity contribution in [3.05, 3.63) is 88.1 Å². The molecule has 0 bridgehead atoms. The van der Waals surface area contributed by atoms with E-state index < -0.39 is 29.2 Å². The number of hydrogen-bond donors (Lipinski definition) is 2. The minimum atomic E-state index is -1.55. The zero-order chi connectivity index (χ0) is 22.8. The second-order valence-electron chi connectivity index (χ2n) is 7.38. The largest absolute Gasteiger partial charge is 0.395 e. The second kappa shape index (κ2) is 8.96. The van der Waals surface area contributed by atoms with Gasteiger partial charge in [-0.15, -0.1) is 0 Å². The molecule has 9 heteroatoms. The maximum atomic E-state index is 14.6. The first-order chi connectivity index (χ1) is 15.4. The van der Waals surface area contributed by atoms with Gasteiger partial charge < -0.3 is 10.4 Å². The lowest BCUT2D eigenvalue weighted by atomic mass is 10.0. The monoisotopic (exact) mass is 445 g/mol. The van der Waals surface area contributed by atoms with E-state index >= 15 is 0 Å². The van der Waals surface area contributed by atoms with Crippen LogP contribution in [0.4, 0.5) is 29.1 Å². The van der Waals surface area contributed by atoms with Crippen molar-refractivity contribution in [3.8, 4) is 0 Å². The topological polar surface area (TPSA) is 65.5 Å². The number of benzene rings is 2. The number of pyridine rings is 1. The number of nitrogens with one attached hydrogen (secondary N) is 1. The van der Waals surface area contributed by atoms with Crippen LogP contribution in [0.25, 0.3) is 0 Å². The third kappa shape index (κ3) is 4.16. The Hall–Kier alpha value is -3.46. The molecule has 1 aromatic heterocycles. The third-order valence-electron chi connectivity index (χ3n) is 5.27. The van der Waals surface area contributed by atoms with Crippen molar-refractivity contribution in [2.75, 3.05) is 29.9 Å². The third-order valence-corrected chi connectivity index (χ3v) is 5.27. The predicted molar refractivity (Wildman–Crippen MR) is 111 cm³/mol. The number of aromatic nitrogens is 1. The average Bonchev–Trinajstić information content (AvgIpc) is 3.24. The second-order valence-corrected chi connectivity index (χ2v) is 7.38. The fourth-order valence-corrected chi connectivity index (χ4v) is 3.82. The van der Waals surface area contributed by atoms with Gasteiger partial charge in [0.1, 0.15) is 11.6 Å². The van der Waals surface area contributed by atoms with Gasteiger partial charge in [-0.05, 0) is 65.9 Å². The Morgan fingerprint density at radius 3 is 2.50 bits per heavy atom. The van der Waals surface area contributed by atoms with E-state index in [-0.39, 0.29) is 36.5 Å². The van der Waals surface area contributed by atoms with Crippen molar-refractivity contribution in [1.82, 2.24) is 4.98 Å². The standard InChI is InChI=1S/C23H19F4N3O2/c24-16-1-2-19-15(4-6-28-19)21(16)23(32)30(7-8-31)20-12-13(3-5-29-20)9-14-10-17(25)22(27)18(26)11-14/h1-3,5,10-12,28,31H,4,6-9H2. The molecule has 0 unspecified atom stereocenters. The number of hydrogen-bond acceptors (Lipinski definition) is 4. The molecule has 0 saturated carbocycles. The molecule has 0 radical (unpaired) electrons. The van der Waals surface area contributed by atoms with E-state index in [1.54, 1.807) is 12.1 Å². The van der Waals surface area contributed by atoms with Gasteiger partial charge in [-0.25, -0.2) is 22.5 Å². The molecule has 2 aromatic carbocycles. The summed E-state index contributed by atoms with van der Waals surface area (Å²) >= 11 is 0. The van der Waals surface area contributed by atoms with Crippen LogP contribution in [-0.4, -0.2) is 35.7 Å². The summed E-state index contributed by atoms with van der Waals surface area (Å²) in [4.78, 5) is 18.6. The average molecular weight is 445 g/mol. The molecule has 0 saturated heterocycles. The maximum absolute atomic E-state index is 14.6. The maximum Gasteiger partial charge on any atom is 0.262 e. The van der Waals surface area contributed by atoms with E-state index in [4.69, 9.17) is 0 Å². The van der Waals surface area contributed by atoms with E-state index in [2.05, 4.69) is 10.3 Å².